The van der Waals surface area contributed by atoms with Crippen LogP contribution >= 0.6 is 0 Å². The molecule has 0 fully saturated rings. The fraction of sp³-hybridized carbons (Fsp3) is 0.333. The van der Waals surface area contributed by atoms with Crippen LogP contribution in [0.15, 0.2) is 0 Å². The summed E-state index contributed by atoms with van der Waals surface area (Å²) < 4.78 is 19.6. The van der Waals surface area contributed by atoms with Crippen LogP contribution in [0.2, 0.25) is 0 Å². The summed E-state index contributed by atoms with van der Waals surface area (Å²) in [7, 11) is 0. The molecule has 0 saturated heterocycles. The summed E-state index contributed by atoms with van der Waals surface area (Å²) in [5.74, 6) is 2.38. The minimum atomic E-state index is -1.99. The van der Waals surface area contributed by atoms with Crippen molar-refractivity contribution in [3.63, 3.8) is 0 Å². The maximum atomic E-state index is 9.66. The molecule has 0 bridgehead atoms. The van der Waals surface area contributed by atoms with E-state index in [2.05, 4.69) is 12.0 Å². The van der Waals surface area contributed by atoms with Gasteiger partial charge in [0.2, 0.25) is 0 Å². The molecule has 0 saturated carbocycles. The third kappa shape index (κ3) is 5.47. The van der Waals surface area contributed by atoms with Gasteiger partial charge >= 0.3 is 0 Å². The van der Waals surface area contributed by atoms with E-state index < -0.39 is 11.3 Å². The normalized spacial score (nSPS) is 11.1. The van der Waals surface area contributed by atoms with Crippen LogP contribution in [-0.2, 0) is 11.3 Å². The number of hydrogen-bond acceptors (Lipinski definition) is 1. The van der Waals surface area contributed by atoms with Gasteiger partial charge in [0.25, 0.3) is 11.3 Å². The smallest absolute Gasteiger partial charge is 0.266 e. The van der Waals surface area contributed by atoms with Gasteiger partial charge in [-0.25, -0.2) is 8.93 Å². The standard InChI is InChI=1S/C3H5NO2S/c1-2-3-4-7(5)6/h4H,1H3,(H,5,6). The van der Waals surface area contributed by atoms with E-state index in [4.69, 9.17) is 4.55 Å². The SMILES string of the molecule is CC#CNS(=O)O. The average Bonchev–Trinajstić information content (AvgIpc) is 1.61. The van der Waals surface area contributed by atoms with E-state index in [1.54, 1.807) is 6.92 Å². The van der Waals surface area contributed by atoms with Crippen LogP contribution < -0.4 is 4.72 Å². The molecule has 0 aliphatic carbocycles. The van der Waals surface area contributed by atoms with Gasteiger partial charge < -0.3 is 0 Å². The van der Waals surface area contributed by atoms with Crippen LogP contribution in [0.4, 0.5) is 0 Å². The van der Waals surface area contributed by atoms with Crippen molar-refractivity contribution in [2.45, 2.75) is 6.92 Å². The Morgan fingerprint density at radius 3 is 2.57 bits per heavy atom. The molecule has 4 heteroatoms. The van der Waals surface area contributed by atoms with Gasteiger partial charge in [-0.05, 0) is 6.92 Å². The largest absolute Gasteiger partial charge is 0.289 e. The zero-order valence-corrected chi connectivity index (χ0v) is 4.58. The summed E-state index contributed by atoms with van der Waals surface area (Å²) in [6, 6.07) is 2.20. The van der Waals surface area contributed by atoms with Crippen molar-refractivity contribution in [2.75, 3.05) is 0 Å². The van der Waals surface area contributed by atoms with Gasteiger partial charge in [0.05, 0.1) is 0 Å². The maximum absolute atomic E-state index is 9.66. The topological polar surface area (TPSA) is 49.3 Å². The van der Waals surface area contributed by atoms with Gasteiger partial charge in [0, 0.05) is 6.04 Å². The molecule has 0 spiro atoms. The molecular weight excluding hydrogens is 114 g/mol. The highest BCUT2D eigenvalue weighted by molar-refractivity contribution is 7.77. The molecule has 40 valence electrons. The highest BCUT2D eigenvalue weighted by atomic mass is 32.2. The molecule has 0 aromatic carbocycles. The Labute approximate surface area is 44.5 Å². The lowest BCUT2D eigenvalue weighted by Gasteiger charge is -1.80. The second-order valence-corrected chi connectivity index (χ2v) is 1.43. The van der Waals surface area contributed by atoms with E-state index >= 15 is 0 Å². The molecule has 1 atom stereocenters. The first-order chi connectivity index (χ1) is 3.27. The molecule has 0 aromatic heterocycles. The first kappa shape index (κ1) is 6.47. The summed E-state index contributed by atoms with van der Waals surface area (Å²) in [5.41, 5.74) is 0. The van der Waals surface area contributed by atoms with Gasteiger partial charge in [-0.2, -0.15) is 0 Å². The summed E-state index contributed by atoms with van der Waals surface area (Å²) >= 11 is -1.99. The lowest BCUT2D eigenvalue weighted by atomic mass is 10.8. The molecule has 0 aliphatic heterocycles. The predicted octanol–water partition coefficient (Wildman–Crippen LogP) is -0.307. The van der Waals surface area contributed by atoms with E-state index in [-0.39, 0.29) is 0 Å². The third-order valence-electron chi connectivity index (χ3n) is 0.263. The van der Waals surface area contributed by atoms with Crippen molar-refractivity contribution in [3.8, 4) is 12.0 Å². The lowest BCUT2D eigenvalue weighted by molar-refractivity contribution is 0.559. The van der Waals surface area contributed by atoms with Crippen molar-refractivity contribution in [1.29, 1.82) is 0 Å². The number of hydrogen-bond donors (Lipinski definition) is 2. The van der Waals surface area contributed by atoms with Gasteiger partial charge in [0.15, 0.2) is 0 Å². The van der Waals surface area contributed by atoms with E-state index in [0.717, 1.165) is 0 Å². The van der Waals surface area contributed by atoms with Crippen molar-refractivity contribution in [1.82, 2.24) is 4.72 Å². The predicted molar refractivity (Wildman–Crippen MR) is 27.4 cm³/mol. The molecule has 0 radical (unpaired) electrons. The highest BCUT2D eigenvalue weighted by Crippen LogP contribution is 1.54. The second kappa shape index (κ2) is 3.65. The van der Waals surface area contributed by atoms with Crippen LogP contribution in [0.3, 0.4) is 0 Å². The first-order valence-electron chi connectivity index (χ1n) is 1.55. The molecule has 0 aromatic rings. The Morgan fingerprint density at radius 2 is 2.43 bits per heavy atom. The van der Waals surface area contributed by atoms with Crippen LogP contribution in [0.5, 0.6) is 0 Å². The third-order valence-corrected chi connectivity index (χ3v) is 0.540. The minimum absolute atomic E-state index is 1.57. The molecule has 0 rings (SSSR count). The fourth-order valence-electron chi connectivity index (χ4n) is 0.0947. The summed E-state index contributed by atoms with van der Waals surface area (Å²) in [5, 5.41) is 0. The van der Waals surface area contributed by atoms with Crippen molar-refractivity contribution in [2.24, 2.45) is 0 Å². The van der Waals surface area contributed by atoms with Gasteiger partial charge in [0.1, 0.15) is 0 Å². The molecule has 2 N–H and O–H groups in total. The monoisotopic (exact) mass is 119 g/mol. The summed E-state index contributed by atoms with van der Waals surface area (Å²) in [6.45, 7) is 1.57. The van der Waals surface area contributed by atoms with E-state index in [0.29, 0.717) is 0 Å². The first-order valence-corrected chi connectivity index (χ1v) is 2.66. The van der Waals surface area contributed by atoms with Gasteiger partial charge in [-0.15, -0.1) is 0 Å². The summed E-state index contributed by atoms with van der Waals surface area (Å²) in [6.07, 6.45) is 0. The van der Waals surface area contributed by atoms with Crippen LogP contribution in [-0.4, -0.2) is 8.76 Å². The number of rotatable bonds is 1. The zero-order valence-electron chi connectivity index (χ0n) is 3.76. The lowest BCUT2D eigenvalue weighted by Crippen LogP contribution is -2.07. The molecule has 3 nitrogen and oxygen atoms in total. The zero-order chi connectivity index (χ0) is 5.70. The second-order valence-electron chi connectivity index (χ2n) is 0.726. The Kier molecular flexibility index (Phi) is 3.38. The average molecular weight is 119 g/mol. The van der Waals surface area contributed by atoms with Crippen molar-refractivity contribution < 1.29 is 8.76 Å². The van der Waals surface area contributed by atoms with Crippen LogP contribution in [0.1, 0.15) is 6.92 Å². The summed E-state index contributed by atoms with van der Waals surface area (Å²) in [4.78, 5) is 0. The van der Waals surface area contributed by atoms with Crippen molar-refractivity contribution >= 4 is 11.3 Å². The molecule has 7 heavy (non-hydrogen) atoms. The van der Waals surface area contributed by atoms with Gasteiger partial charge in [-0.1, -0.05) is 5.92 Å². The highest BCUT2D eigenvalue weighted by Gasteiger charge is 1.76. The fourth-order valence-corrected chi connectivity index (χ4v) is 0.284. The number of nitrogens with one attached hydrogen (secondary N) is 1. The molecule has 0 aliphatic rings. The van der Waals surface area contributed by atoms with Crippen molar-refractivity contribution in [3.05, 3.63) is 0 Å². The molecule has 0 amide bonds. The Balaban J connectivity index is 3.26. The van der Waals surface area contributed by atoms with Crippen LogP contribution in [0.25, 0.3) is 0 Å². The van der Waals surface area contributed by atoms with E-state index in [9.17, 15) is 4.21 Å². The Morgan fingerprint density at radius 1 is 1.86 bits per heavy atom. The Bertz CT molecular complexity index is 123. The van der Waals surface area contributed by atoms with Gasteiger partial charge in [-0.3, -0.25) is 4.55 Å². The van der Waals surface area contributed by atoms with Crippen LogP contribution in [0, 0.1) is 12.0 Å². The minimum Gasteiger partial charge on any atom is -0.289 e. The van der Waals surface area contributed by atoms with E-state index in [1.165, 1.54) is 0 Å². The molecular formula is C3H5NO2S. The molecule has 0 heterocycles. The maximum Gasteiger partial charge on any atom is 0.266 e. The Hall–Kier alpha value is -0.530. The molecule has 1 unspecified atom stereocenters. The quantitative estimate of drug-likeness (QED) is 0.283. The van der Waals surface area contributed by atoms with E-state index in [1.807, 2.05) is 4.72 Å².